The molecule has 0 aromatic carbocycles. The maximum atomic E-state index is 11.9. The molecular formula is C13H24N2O2. The number of nitrogens with one attached hydrogen (secondary N) is 2. The van der Waals surface area contributed by atoms with Crippen molar-refractivity contribution in [2.24, 2.45) is 0 Å². The summed E-state index contributed by atoms with van der Waals surface area (Å²) in [6.07, 6.45) is 8.16. The van der Waals surface area contributed by atoms with Gasteiger partial charge in [-0.05, 0) is 32.2 Å². The molecule has 4 nitrogen and oxygen atoms in total. The van der Waals surface area contributed by atoms with Gasteiger partial charge in [0, 0.05) is 12.1 Å². The van der Waals surface area contributed by atoms with Crippen LogP contribution in [0.3, 0.4) is 0 Å². The van der Waals surface area contributed by atoms with Crippen LogP contribution in [0.1, 0.15) is 51.4 Å². The minimum atomic E-state index is -0.874. The molecule has 1 heterocycles. The molecule has 1 aliphatic carbocycles. The van der Waals surface area contributed by atoms with E-state index in [9.17, 15) is 9.90 Å². The summed E-state index contributed by atoms with van der Waals surface area (Å²) in [6.45, 7) is 0.915. The number of hydrogen-bond donors (Lipinski definition) is 3. The number of hydrogen-bond acceptors (Lipinski definition) is 3. The van der Waals surface area contributed by atoms with E-state index in [4.69, 9.17) is 0 Å². The molecule has 1 saturated heterocycles. The monoisotopic (exact) mass is 240 g/mol. The lowest BCUT2D eigenvalue weighted by atomic mass is 10.1. The fraction of sp³-hybridized carbons (Fsp3) is 0.923. The predicted molar refractivity (Wildman–Crippen MR) is 66.7 cm³/mol. The van der Waals surface area contributed by atoms with Gasteiger partial charge in [0.15, 0.2) is 0 Å². The summed E-state index contributed by atoms with van der Waals surface area (Å²) in [6, 6.07) is 0.238. The lowest BCUT2D eigenvalue weighted by molar-refractivity contribution is -0.131. The Bertz CT molecular complexity index is 244. The van der Waals surface area contributed by atoms with Crippen LogP contribution in [0.15, 0.2) is 0 Å². The van der Waals surface area contributed by atoms with Gasteiger partial charge in [-0.3, -0.25) is 4.79 Å². The standard InChI is InChI=1S/C13H24N2O2/c16-12(11-8-5-9-14-11)13(17)15-10-6-3-1-2-4-7-10/h10-12,14,16H,1-9H2,(H,15,17)/t11-,12?/m0/s1. The minimum absolute atomic E-state index is 0.0409. The normalized spacial score (nSPS) is 28.6. The molecule has 0 spiro atoms. The molecule has 1 amide bonds. The van der Waals surface area contributed by atoms with Crippen molar-refractivity contribution in [3.63, 3.8) is 0 Å². The molecule has 17 heavy (non-hydrogen) atoms. The van der Waals surface area contributed by atoms with E-state index in [0.29, 0.717) is 0 Å². The quantitative estimate of drug-likeness (QED) is 0.643. The van der Waals surface area contributed by atoms with Gasteiger partial charge >= 0.3 is 0 Å². The van der Waals surface area contributed by atoms with Crippen LogP contribution in [0.5, 0.6) is 0 Å². The molecule has 2 atom stereocenters. The molecule has 98 valence electrons. The molecule has 2 rings (SSSR count). The summed E-state index contributed by atoms with van der Waals surface area (Å²) >= 11 is 0. The van der Waals surface area contributed by atoms with Crippen molar-refractivity contribution < 1.29 is 9.90 Å². The highest BCUT2D eigenvalue weighted by atomic mass is 16.3. The van der Waals surface area contributed by atoms with E-state index in [-0.39, 0.29) is 18.0 Å². The second-order valence-corrected chi connectivity index (χ2v) is 5.34. The first-order valence-electron chi connectivity index (χ1n) is 6.99. The highest BCUT2D eigenvalue weighted by Gasteiger charge is 2.29. The molecule has 3 N–H and O–H groups in total. The van der Waals surface area contributed by atoms with Crippen molar-refractivity contribution in [1.29, 1.82) is 0 Å². The van der Waals surface area contributed by atoms with Gasteiger partial charge < -0.3 is 15.7 Å². The van der Waals surface area contributed by atoms with Gasteiger partial charge in [0.2, 0.25) is 0 Å². The molecule has 0 aromatic rings. The molecule has 2 aliphatic rings. The Kier molecular flexibility index (Phi) is 4.80. The second-order valence-electron chi connectivity index (χ2n) is 5.34. The summed E-state index contributed by atoms with van der Waals surface area (Å²) < 4.78 is 0. The fourth-order valence-corrected chi connectivity index (χ4v) is 2.87. The van der Waals surface area contributed by atoms with Gasteiger partial charge in [0.25, 0.3) is 5.91 Å². The van der Waals surface area contributed by atoms with Crippen molar-refractivity contribution in [3.05, 3.63) is 0 Å². The molecule has 0 radical (unpaired) electrons. The van der Waals surface area contributed by atoms with Gasteiger partial charge in [-0.1, -0.05) is 25.7 Å². The number of amides is 1. The highest BCUT2D eigenvalue weighted by molar-refractivity contribution is 5.81. The molecular weight excluding hydrogens is 216 g/mol. The average Bonchev–Trinajstić information content (AvgIpc) is 2.74. The zero-order valence-electron chi connectivity index (χ0n) is 10.5. The number of carbonyl (C=O) groups is 1. The van der Waals surface area contributed by atoms with E-state index in [0.717, 1.165) is 32.2 Å². The fourth-order valence-electron chi connectivity index (χ4n) is 2.87. The van der Waals surface area contributed by atoms with Crippen LogP contribution < -0.4 is 10.6 Å². The number of aliphatic hydroxyl groups is 1. The molecule has 1 aliphatic heterocycles. The van der Waals surface area contributed by atoms with Crippen molar-refractivity contribution in [3.8, 4) is 0 Å². The van der Waals surface area contributed by atoms with Crippen LogP contribution in [0.2, 0.25) is 0 Å². The first kappa shape index (κ1) is 12.8. The van der Waals surface area contributed by atoms with Crippen molar-refractivity contribution in [1.82, 2.24) is 10.6 Å². The van der Waals surface area contributed by atoms with E-state index in [1.54, 1.807) is 0 Å². The molecule has 4 heteroatoms. The van der Waals surface area contributed by atoms with E-state index in [1.165, 1.54) is 25.7 Å². The van der Waals surface area contributed by atoms with Crippen LogP contribution in [-0.2, 0) is 4.79 Å². The Morgan fingerprint density at radius 2 is 1.82 bits per heavy atom. The number of aliphatic hydroxyl groups excluding tert-OH is 1. The third-order valence-corrected chi connectivity index (χ3v) is 3.95. The number of rotatable bonds is 3. The van der Waals surface area contributed by atoms with Gasteiger partial charge in [-0.15, -0.1) is 0 Å². The molecule has 0 aromatic heterocycles. The SMILES string of the molecule is O=C(NC1CCCCCC1)C(O)[C@@H]1CCCN1. The van der Waals surface area contributed by atoms with Gasteiger partial charge in [0.1, 0.15) is 6.10 Å². The average molecular weight is 240 g/mol. The van der Waals surface area contributed by atoms with Crippen molar-refractivity contribution in [2.45, 2.75) is 69.6 Å². The number of carbonyl (C=O) groups excluding carboxylic acids is 1. The summed E-state index contributed by atoms with van der Waals surface area (Å²) in [5.74, 6) is -0.184. The maximum absolute atomic E-state index is 11.9. The second kappa shape index (κ2) is 6.36. The molecule has 1 saturated carbocycles. The largest absolute Gasteiger partial charge is 0.382 e. The third kappa shape index (κ3) is 3.68. The smallest absolute Gasteiger partial charge is 0.250 e. The highest BCUT2D eigenvalue weighted by Crippen LogP contribution is 2.18. The van der Waals surface area contributed by atoms with Crippen LogP contribution in [0, 0.1) is 0 Å². The molecule has 0 bridgehead atoms. The first-order valence-corrected chi connectivity index (χ1v) is 6.99. The van der Waals surface area contributed by atoms with Crippen molar-refractivity contribution >= 4 is 5.91 Å². The summed E-state index contributed by atoms with van der Waals surface area (Å²) in [5, 5.41) is 16.1. The lowest BCUT2D eigenvalue weighted by Crippen LogP contribution is -2.49. The van der Waals surface area contributed by atoms with Gasteiger partial charge in [-0.2, -0.15) is 0 Å². The summed E-state index contributed by atoms with van der Waals surface area (Å²) in [7, 11) is 0. The maximum Gasteiger partial charge on any atom is 0.250 e. The zero-order chi connectivity index (χ0) is 12.1. The lowest BCUT2D eigenvalue weighted by Gasteiger charge is -2.22. The Labute approximate surface area is 103 Å². The van der Waals surface area contributed by atoms with Crippen LogP contribution in [0.4, 0.5) is 0 Å². The van der Waals surface area contributed by atoms with E-state index in [2.05, 4.69) is 10.6 Å². The predicted octanol–water partition coefficient (Wildman–Crippen LogP) is 0.938. The summed E-state index contributed by atoms with van der Waals surface area (Å²) in [5.41, 5.74) is 0. The van der Waals surface area contributed by atoms with Crippen LogP contribution >= 0.6 is 0 Å². The van der Waals surface area contributed by atoms with E-state index >= 15 is 0 Å². The van der Waals surface area contributed by atoms with Crippen LogP contribution in [-0.4, -0.2) is 35.7 Å². The first-order chi connectivity index (χ1) is 8.27. The molecule has 1 unspecified atom stereocenters. The Morgan fingerprint density at radius 3 is 2.41 bits per heavy atom. The Morgan fingerprint density at radius 1 is 1.12 bits per heavy atom. The van der Waals surface area contributed by atoms with Gasteiger partial charge in [-0.25, -0.2) is 0 Å². The van der Waals surface area contributed by atoms with Gasteiger partial charge in [0.05, 0.1) is 0 Å². The summed E-state index contributed by atoms with van der Waals surface area (Å²) in [4.78, 5) is 11.9. The van der Waals surface area contributed by atoms with E-state index in [1.807, 2.05) is 0 Å². The van der Waals surface area contributed by atoms with Crippen LogP contribution in [0.25, 0.3) is 0 Å². The minimum Gasteiger partial charge on any atom is -0.382 e. The topological polar surface area (TPSA) is 61.4 Å². The van der Waals surface area contributed by atoms with E-state index < -0.39 is 6.10 Å². The van der Waals surface area contributed by atoms with Crippen molar-refractivity contribution in [2.75, 3.05) is 6.54 Å². The Hall–Kier alpha value is -0.610. The third-order valence-electron chi connectivity index (χ3n) is 3.95. The molecule has 2 fully saturated rings. The zero-order valence-corrected chi connectivity index (χ0v) is 10.5. The Balaban J connectivity index is 1.78.